The largest absolute Gasteiger partial charge is 0.481 e. The van der Waals surface area contributed by atoms with Gasteiger partial charge in [-0.1, -0.05) is 42.7 Å². The molecule has 1 heterocycles. The van der Waals surface area contributed by atoms with Gasteiger partial charge in [0.05, 0.1) is 35.5 Å². The average Bonchev–Trinajstić information content (AvgIpc) is 2.91. The Morgan fingerprint density at radius 2 is 1.74 bits per heavy atom. The van der Waals surface area contributed by atoms with Crippen molar-refractivity contribution >= 4 is 17.6 Å². The summed E-state index contributed by atoms with van der Waals surface area (Å²) in [7, 11) is 0. The van der Waals surface area contributed by atoms with Crippen LogP contribution in [0.2, 0.25) is 0 Å². The number of hydrogen-bond donors (Lipinski definition) is 2. The lowest BCUT2D eigenvalue weighted by atomic mass is 9.78. The molecule has 3 rings (SSSR count). The summed E-state index contributed by atoms with van der Waals surface area (Å²) < 4.78 is 1.88. The van der Waals surface area contributed by atoms with E-state index in [1.165, 1.54) is 5.56 Å². The summed E-state index contributed by atoms with van der Waals surface area (Å²) in [5.74, 6) is -2.15. The van der Waals surface area contributed by atoms with Crippen molar-refractivity contribution in [2.75, 3.05) is 5.32 Å². The van der Waals surface area contributed by atoms with Gasteiger partial charge in [0.15, 0.2) is 0 Å². The molecule has 1 aliphatic carbocycles. The molecule has 2 atom stereocenters. The number of hydrogen-bond acceptors (Lipinski definition) is 3. The zero-order chi connectivity index (χ0) is 19.6. The number of amides is 1. The molecule has 0 bridgehead atoms. The fourth-order valence-corrected chi connectivity index (χ4v) is 3.85. The molecule has 27 heavy (non-hydrogen) atoms. The molecule has 0 aliphatic heterocycles. The monoisotopic (exact) mass is 369 g/mol. The second kappa shape index (κ2) is 7.94. The third kappa shape index (κ3) is 4.21. The quantitative estimate of drug-likeness (QED) is 0.842. The van der Waals surface area contributed by atoms with Crippen LogP contribution in [0.15, 0.2) is 24.3 Å². The fraction of sp³-hybridized carbons (Fsp3) is 0.476. The first-order chi connectivity index (χ1) is 12.9. The molecule has 2 N–H and O–H groups in total. The smallest absolute Gasteiger partial charge is 0.307 e. The highest BCUT2D eigenvalue weighted by Crippen LogP contribution is 2.32. The first kappa shape index (κ1) is 19.1. The van der Waals surface area contributed by atoms with E-state index in [1.54, 1.807) is 0 Å². The highest BCUT2D eigenvalue weighted by molar-refractivity contribution is 5.96. The van der Waals surface area contributed by atoms with Gasteiger partial charge in [-0.05, 0) is 39.2 Å². The van der Waals surface area contributed by atoms with Crippen LogP contribution in [-0.4, -0.2) is 26.8 Å². The van der Waals surface area contributed by atoms with Gasteiger partial charge >= 0.3 is 5.97 Å². The van der Waals surface area contributed by atoms with Gasteiger partial charge in [-0.25, -0.2) is 0 Å². The van der Waals surface area contributed by atoms with Crippen molar-refractivity contribution in [3.8, 4) is 0 Å². The van der Waals surface area contributed by atoms with E-state index >= 15 is 0 Å². The number of anilines is 1. The average molecular weight is 369 g/mol. The van der Waals surface area contributed by atoms with E-state index < -0.39 is 17.8 Å². The second-order valence-electron chi connectivity index (χ2n) is 7.51. The van der Waals surface area contributed by atoms with E-state index in [0.717, 1.165) is 29.8 Å². The maximum atomic E-state index is 12.8. The lowest BCUT2D eigenvalue weighted by Crippen LogP contribution is -2.36. The number of benzene rings is 1. The summed E-state index contributed by atoms with van der Waals surface area (Å²) in [6, 6.07) is 8.28. The zero-order valence-electron chi connectivity index (χ0n) is 16.2. The van der Waals surface area contributed by atoms with E-state index in [2.05, 4.69) is 41.6 Å². The van der Waals surface area contributed by atoms with Gasteiger partial charge in [-0.2, -0.15) is 5.10 Å². The normalized spacial score (nSPS) is 19.7. The Bertz CT molecular complexity index is 839. The number of aromatic nitrogens is 2. The minimum absolute atomic E-state index is 0.205. The number of carboxylic acids is 1. The molecule has 2 aromatic rings. The van der Waals surface area contributed by atoms with Crippen molar-refractivity contribution in [1.82, 2.24) is 9.78 Å². The summed E-state index contributed by atoms with van der Waals surface area (Å²) in [6.07, 6.45) is 2.95. The molecular weight excluding hydrogens is 342 g/mol. The van der Waals surface area contributed by atoms with Gasteiger partial charge in [0.2, 0.25) is 5.91 Å². The van der Waals surface area contributed by atoms with Gasteiger partial charge in [0, 0.05) is 0 Å². The Kier molecular flexibility index (Phi) is 5.63. The first-order valence-electron chi connectivity index (χ1n) is 9.50. The van der Waals surface area contributed by atoms with Crippen LogP contribution in [0.25, 0.3) is 0 Å². The molecule has 1 aromatic heterocycles. The first-order valence-corrected chi connectivity index (χ1v) is 9.50. The van der Waals surface area contributed by atoms with Crippen LogP contribution in [-0.2, 0) is 16.1 Å². The SMILES string of the molecule is Cc1ccc(Cn2nc(C)c(NC(=O)C3CCCCC3C(=O)O)c2C)cc1. The number of nitrogens with one attached hydrogen (secondary N) is 1. The van der Waals surface area contributed by atoms with Crippen LogP contribution in [0.4, 0.5) is 5.69 Å². The van der Waals surface area contributed by atoms with E-state index in [9.17, 15) is 14.7 Å². The Morgan fingerprint density at radius 1 is 1.11 bits per heavy atom. The van der Waals surface area contributed by atoms with Crippen molar-refractivity contribution in [3.63, 3.8) is 0 Å². The Morgan fingerprint density at radius 3 is 2.37 bits per heavy atom. The molecule has 6 nitrogen and oxygen atoms in total. The number of aliphatic carboxylic acids is 1. The van der Waals surface area contributed by atoms with Gasteiger partial charge in [0.25, 0.3) is 0 Å². The summed E-state index contributed by atoms with van der Waals surface area (Å²) in [5, 5.41) is 17.0. The molecule has 1 aromatic carbocycles. The molecule has 6 heteroatoms. The maximum Gasteiger partial charge on any atom is 0.307 e. The van der Waals surface area contributed by atoms with E-state index in [4.69, 9.17) is 0 Å². The van der Waals surface area contributed by atoms with Crippen LogP contribution in [0.5, 0.6) is 0 Å². The highest BCUT2D eigenvalue weighted by atomic mass is 16.4. The van der Waals surface area contributed by atoms with Crippen LogP contribution in [0, 0.1) is 32.6 Å². The van der Waals surface area contributed by atoms with Crippen molar-refractivity contribution in [2.24, 2.45) is 11.8 Å². The third-order valence-electron chi connectivity index (χ3n) is 5.50. The topological polar surface area (TPSA) is 84.2 Å². The van der Waals surface area contributed by atoms with Crippen molar-refractivity contribution in [3.05, 3.63) is 46.8 Å². The lowest BCUT2D eigenvalue weighted by molar-refractivity contribution is -0.147. The molecule has 0 saturated heterocycles. The Hall–Kier alpha value is -2.63. The molecule has 0 radical (unpaired) electrons. The fourth-order valence-electron chi connectivity index (χ4n) is 3.85. The number of nitrogens with zero attached hydrogens (tertiary/aromatic N) is 2. The molecule has 1 amide bonds. The van der Waals surface area contributed by atoms with Gasteiger partial charge in [-0.15, -0.1) is 0 Å². The van der Waals surface area contributed by atoms with Crippen LogP contribution in [0.3, 0.4) is 0 Å². The molecule has 2 unspecified atom stereocenters. The number of rotatable bonds is 5. The standard InChI is InChI=1S/C21H27N3O3/c1-13-8-10-16(11-9-13)12-24-15(3)19(14(2)23-24)22-20(25)17-6-4-5-7-18(17)21(26)27/h8-11,17-18H,4-7,12H2,1-3H3,(H,22,25)(H,26,27). The van der Waals surface area contributed by atoms with Gasteiger partial charge < -0.3 is 10.4 Å². The predicted octanol–water partition coefficient (Wildman–Crippen LogP) is 3.69. The van der Waals surface area contributed by atoms with E-state index in [1.807, 2.05) is 18.5 Å². The zero-order valence-corrected chi connectivity index (χ0v) is 16.2. The van der Waals surface area contributed by atoms with E-state index in [0.29, 0.717) is 25.1 Å². The Balaban J connectivity index is 1.77. The maximum absolute atomic E-state index is 12.8. The number of carboxylic acid groups (broad SMARTS) is 1. The minimum atomic E-state index is -0.877. The van der Waals surface area contributed by atoms with Crippen molar-refractivity contribution in [2.45, 2.75) is 53.0 Å². The summed E-state index contributed by atoms with van der Waals surface area (Å²) >= 11 is 0. The number of carbonyl (C=O) groups is 2. The summed E-state index contributed by atoms with van der Waals surface area (Å²) in [4.78, 5) is 24.3. The number of carbonyl (C=O) groups excluding carboxylic acids is 1. The van der Waals surface area contributed by atoms with Crippen molar-refractivity contribution < 1.29 is 14.7 Å². The summed E-state index contributed by atoms with van der Waals surface area (Å²) in [5.41, 5.74) is 4.67. The summed E-state index contributed by atoms with van der Waals surface area (Å²) in [6.45, 7) is 6.48. The van der Waals surface area contributed by atoms with Gasteiger partial charge in [-0.3, -0.25) is 14.3 Å². The highest BCUT2D eigenvalue weighted by Gasteiger charge is 2.36. The van der Waals surface area contributed by atoms with Crippen LogP contribution < -0.4 is 5.32 Å². The molecule has 1 fully saturated rings. The van der Waals surface area contributed by atoms with Gasteiger partial charge in [0.1, 0.15) is 0 Å². The van der Waals surface area contributed by atoms with Crippen molar-refractivity contribution in [1.29, 1.82) is 0 Å². The van der Waals surface area contributed by atoms with Crippen LogP contribution in [0.1, 0.15) is 48.2 Å². The predicted molar refractivity (Wildman–Crippen MR) is 104 cm³/mol. The Labute approximate surface area is 159 Å². The second-order valence-corrected chi connectivity index (χ2v) is 7.51. The lowest BCUT2D eigenvalue weighted by Gasteiger charge is -2.27. The molecule has 0 spiro atoms. The molecular formula is C21H27N3O3. The van der Waals surface area contributed by atoms with E-state index in [-0.39, 0.29) is 5.91 Å². The van der Waals surface area contributed by atoms with Crippen LogP contribution >= 0.6 is 0 Å². The molecule has 1 aliphatic rings. The minimum Gasteiger partial charge on any atom is -0.481 e. The molecule has 1 saturated carbocycles. The number of aryl methyl sites for hydroxylation is 2. The molecule has 144 valence electrons. The third-order valence-corrected chi connectivity index (χ3v) is 5.50.